The number of ether oxygens (including phenoxy) is 2. The van der Waals surface area contributed by atoms with E-state index < -0.39 is 10.0 Å². The quantitative estimate of drug-likeness (QED) is 0.530. The van der Waals surface area contributed by atoms with E-state index in [2.05, 4.69) is 5.32 Å². The molecule has 0 unspecified atom stereocenters. The number of methoxy groups -OCH3 is 2. The van der Waals surface area contributed by atoms with Crippen LogP contribution in [0.5, 0.6) is 11.5 Å². The van der Waals surface area contributed by atoms with Crippen LogP contribution in [0.1, 0.15) is 18.4 Å². The van der Waals surface area contributed by atoms with Crippen molar-refractivity contribution in [3.05, 3.63) is 54.2 Å². The molecule has 0 atom stereocenters. The molecule has 1 fully saturated rings. The number of sulfonamides is 1. The number of amides is 1. The zero-order chi connectivity index (χ0) is 24.3. The Labute approximate surface area is 200 Å². The molecule has 8 nitrogen and oxygen atoms in total. The highest BCUT2D eigenvalue weighted by molar-refractivity contribution is 7.89. The van der Waals surface area contributed by atoms with Crippen molar-refractivity contribution in [3.8, 4) is 11.5 Å². The van der Waals surface area contributed by atoms with Gasteiger partial charge in [0, 0.05) is 49.7 Å². The van der Waals surface area contributed by atoms with E-state index in [1.165, 1.54) is 4.31 Å². The standard InChI is InChI=1S/C25H31N3O5S/c1-27-13-9-20-17-21(5-6-22(20)27)34(30,31)28-14-10-19(11-15-28)25(29)26-12-8-18-4-7-23(32-2)24(16-18)33-3/h4-7,9,13,16-17,19H,8,10-12,14-15H2,1-3H3,(H,26,29). The van der Waals surface area contributed by atoms with Gasteiger partial charge in [0.05, 0.1) is 19.1 Å². The lowest BCUT2D eigenvalue weighted by Gasteiger charge is -2.30. The normalized spacial score (nSPS) is 15.4. The Morgan fingerprint density at radius 1 is 1.03 bits per heavy atom. The number of piperidine rings is 1. The predicted octanol–water partition coefficient (Wildman–Crippen LogP) is 2.96. The Hall–Kier alpha value is -3.04. The summed E-state index contributed by atoms with van der Waals surface area (Å²) >= 11 is 0. The third kappa shape index (κ3) is 4.90. The van der Waals surface area contributed by atoms with E-state index in [1.54, 1.807) is 26.4 Å². The second kappa shape index (κ2) is 10.1. The van der Waals surface area contributed by atoms with Gasteiger partial charge in [0.1, 0.15) is 0 Å². The number of carbonyl (C=O) groups is 1. The minimum Gasteiger partial charge on any atom is -0.493 e. The third-order valence-electron chi connectivity index (χ3n) is 6.48. The molecule has 3 aromatic rings. The Morgan fingerprint density at radius 3 is 2.47 bits per heavy atom. The maximum Gasteiger partial charge on any atom is 0.243 e. The zero-order valence-electron chi connectivity index (χ0n) is 19.8. The molecule has 34 heavy (non-hydrogen) atoms. The van der Waals surface area contributed by atoms with E-state index in [0.717, 1.165) is 16.5 Å². The first-order valence-corrected chi connectivity index (χ1v) is 12.8. The van der Waals surface area contributed by atoms with E-state index in [-0.39, 0.29) is 11.8 Å². The molecule has 1 aliphatic rings. The van der Waals surface area contributed by atoms with Crippen LogP contribution in [0.3, 0.4) is 0 Å². The van der Waals surface area contributed by atoms with Gasteiger partial charge in [-0.25, -0.2) is 8.42 Å². The molecule has 1 aromatic heterocycles. The largest absolute Gasteiger partial charge is 0.493 e. The number of hydrogen-bond donors (Lipinski definition) is 1. The van der Waals surface area contributed by atoms with E-state index >= 15 is 0 Å². The third-order valence-corrected chi connectivity index (χ3v) is 8.37. The molecule has 4 rings (SSSR count). The van der Waals surface area contributed by atoms with Gasteiger partial charge in [0.25, 0.3) is 0 Å². The second-order valence-electron chi connectivity index (χ2n) is 8.56. The fourth-order valence-corrected chi connectivity index (χ4v) is 5.94. The molecule has 1 amide bonds. The van der Waals surface area contributed by atoms with Crippen LogP contribution in [-0.4, -0.2) is 57.1 Å². The lowest BCUT2D eigenvalue weighted by molar-refractivity contribution is -0.126. The van der Waals surface area contributed by atoms with Gasteiger partial charge in [-0.1, -0.05) is 6.07 Å². The van der Waals surface area contributed by atoms with E-state index in [4.69, 9.17) is 9.47 Å². The number of hydrogen-bond acceptors (Lipinski definition) is 5. The molecule has 1 saturated heterocycles. The van der Waals surface area contributed by atoms with Crippen LogP contribution in [0.15, 0.2) is 53.6 Å². The highest BCUT2D eigenvalue weighted by atomic mass is 32.2. The molecule has 182 valence electrons. The number of rotatable bonds is 8. The van der Waals surface area contributed by atoms with Crippen LogP contribution >= 0.6 is 0 Å². The highest BCUT2D eigenvalue weighted by Crippen LogP contribution is 2.28. The van der Waals surface area contributed by atoms with Crippen molar-refractivity contribution in [2.24, 2.45) is 13.0 Å². The van der Waals surface area contributed by atoms with Crippen molar-refractivity contribution in [1.29, 1.82) is 0 Å². The minimum atomic E-state index is -3.59. The fourth-order valence-electron chi connectivity index (χ4n) is 4.44. The Bertz CT molecular complexity index is 1280. The van der Waals surface area contributed by atoms with Crippen molar-refractivity contribution < 1.29 is 22.7 Å². The van der Waals surface area contributed by atoms with Gasteiger partial charge in [-0.2, -0.15) is 4.31 Å². The van der Waals surface area contributed by atoms with Crippen molar-refractivity contribution in [2.45, 2.75) is 24.2 Å². The van der Waals surface area contributed by atoms with Crippen LogP contribution in [-0.2, 0) is 28.3 Å². The first-order chi connectivity index (χ1) is 16.3. The van der Waals surface area contributed by atoms with Crippen LogP contribution in [0.4, 0.5) is 0 Å². The summed E-state index contributed by atoms with van der Waals surface area (Å²) in [5, 5.41) is 3.89. The average molecular weight is 486 g/mol. The summed E-state index contributed by atoms with van der Waals surface area (Å²) in [5.74, 6) is 1.11. The lowest BCUT2D eigenvalue weighted by Crippen LogP contribution is -2.43. The Balaban J connectivity index is 1.30. The molecule has 0 saturated carbocycles. The lowest BCUT2D eigenvalue weighted by atomic mass is 9.97. The summed E-state index contributed by atoms with van der Waals surface area (Å²) in [5.41, 5.74) is 2.02. The van der Waals surface area contributed by atoms with Crippen molar-refractivity contribution in [3.63, 3.8) is 0 Å². The van der Waals surface area contributed by atoms with Crippen LogP contribution < -0.4 is 14.8 Å². The van der Waals surface area contributed by atoms with Gasteiger partial charge in [0.2, 0.25) is 15.9 Å². The van der Waals surface area contributed by atoms with Crippen molar-refractivity contribution in [1.82, 2.24) is 14.2 Å². The molecule has 0 aliphatic carbocycles. The molecule has 2 heterocycles. The molecule has 2 aromatic carbocycles. The van der Waals surface area contributed by atoms with Gasteiger partial charge in [0.15, 0.2) is 11.5 Å². The van der Waals surface area contributed by atoms with Gasteiger partial charge in [-0.3, -0.25) is 4.79 Å². The Kier molecular flexibility index (Phi) is 7.13. The molecule has 0 spiro atoms. The summed E-state index contributed by atoms with van der Waals surface area (Å²) < 4.78 is 40.3. The Morgan fingerprint density at radius 2 is 1.76 bits per heavy atom. The summed E-state index contributed by atoms with van der Waals surface area (Å²) in [7, 11) is 1.53. The van der Waals surface area contributed by atoms with Gasteiger partial charge < -0.3 is 19.4 Å². The average Bonchev–Trinajstić information content (AvgIpc) is 3.24. The summed E-state index contributed by atoms with van der Waals surface area (Å²) in [6.07, 6.45) is 3.60. The maximum absolute atomic E-state index is 13.1. The highest BCUT2D eigenvalue weighted by Gasteiger charge is 2.32. The zero-order valence-corrected chi connectivity index (χ0v) is 20.6. The molecule has 1 N–H and O–H groups in total. The van der Waals surface area contributed by atoms with Crippen molar-refractivity contribution >= 4 is 26.8 Å². The van der Waals surface area contributed by atoms with Crippen LogP contribution in [0, 0.1) is 5.92 Å². The molecule has 0 radical (unpaired) electrons. The molecule has 0 bridgehead atoms. The van der Waals surface area contributed by atoms with E-state index in [0.29, 0.717) is 55.3 Å². The number of carbonyl (C=O) groups excluding carboxylic acids is 1. The number of benzene rings is 2. The first-order valence-electron chi connectivity index (χ1n) is 11.4. The van der Waals surface area contributed by atoms with Crippen LogP contribution in [0.2, 0.25) is 0 Å². The number of nitrogens with one attached hydrogen (secondary N) is 1. The molecule has 1 aliphatic heterocycles. The fraction of sp³-hybridized carbons (Fsp3) is 0.400. The van der Waals surface area contributed by atoms with Gasteiger partial charge >= 0.3 is 0 Å². The topological polar surface area (TPSA) is 89.9 Å². The number of nitrogens with zero attached hydrogens (tertiary/aromatic N) is 2. The second-order valence-corrected chi connectivity index (χ2v) is 10.5. The number of aromatic nitrogens is 1. The summed E-state index contributed by atoms with van der Waals surface area (Å²) in [6.45, 7) is 1.18. The summed E-state index contributed by atoms with van der Waals surface area (Å²) in [6, 6.07) is 12.8. The SMILES string of the molecule is COc1ccc(CCNC(=O)C2CCN(S(=O)(=O)c3ccc4c(ccn4C)c3)CC2)cc1OC. The van der Waals surface area contributed by atoms with Gasteiger partial charge in [-0.15, -0.1) is 0 Å². The minimum absolute atomic E-state index is 0.0248. The number of aryl methyl sites for hydroxylation is 1. The molecular weight excluding hydrogens is 454 g/mol. The van der Waals surface area contributed by atoms with Crippen LogP contribution in [0.25, 0.3) is 10.9 Å². The number of fused-ring (bicyclic) bond motifs is 1. The maximum atomic E-state index is 13.1. The predicted molar refractivity (Wildman–Crippen MR) is 131 cm³/mol. The van der Waals surface area contributed by atoms with Gasteiger partial charge in [-0.05, 0) is 61.2 Å². The summed E-state index contributed by atoms with van der Waals surface area (Å²) in [4.78, 5) is 13.0. The molecule has 9 heteroatoms. The molecular formula is C25H31N3O5S. The van der Waals surface area contributed by atoms with Crippen molar-refractivity contribution in [2.75, 3.05) is 33.9 Å². The smallest absolute Gasteiger partial charge is 0.243 e. The monoisotopic (exact) mass is 485 g/mol. The van der Waals surface area contributed by atoms with E-state index in [1.807, 2.05) is 48.1 Å². The van der Waals surface area contributed by atoms with E-state index in [9.17, 15) is 13.2 Å². The first kappa shape index (κ1) is 24.1.